The second-order valence-electron chi connectivity index (χ2n) is 7.87. The Morgan fingerprint density at radius 1 is 1.06 bits per heavy atom. The molecular weight excluding hydrogens is 416 g/mol. The van der Waals surface area contributed by atoms with Gasteiger partial charge in [0.15, 0.2) is 5.41 Å². The lowest BCUT2D eigenvalue weighted by Gasteiger charge is -2.27. The number of amides is 1. The lowest BCUT2D eigenvalue weighted by atomic mass is 9.77. The standard InChI is InChI=1S/C19H24N2O10/c1-18(2,3)31-17(28)20-13(14(22)23)8-9-19(15(24)25,16(26)27)10-11-4-6-12(7-5-11)21(29)30/h4-7,13H,8-10H2,1-3H3,(H,20,28)(H,22,23)(H,24,25)(H,26,27)/t13-/m0/s1. The average Bonchev–Trinajstić information content (AvgIpc) is 2.62. The third-order valence-corrected chi connectivity index (χ3v) is 4.32. The first-order valence-corrected chi connectivity index (χ1v) is 9.10. The molecule has 1 rings (SSSR count). The van der Waals surface area contributed by atoms with E-state index in [1.54, 1.807) is 20.8 Å². The highest BCUT2D eigenvalue weighted by Crippen LogP contribution is 2.31. The Bertz CT molecular complexity index is 843. The van der Waals surface area contributed by atoms with Crippen LogP contribution in [-0.4, -0.2) is 55.9 Å². The fraction of sp³-hybridized carbons (Fsp3) is 0.474. The minimum absolute atomic E-state index is 0.197. The fourth-order valence-corrected chi connectivity index (χ4v) is 2.73. The smallest absolute Gasteiger partial charge is 0.408 e. The van der Waals surface area contributed by atoms with E-state index in [0.717, 1.165) is 12.1 Å². The highest BCUT2D eigenvalue weighted by atomic mass is 16.6. The summed E-state index contributed by atoms with van der Waals surface area (Å²) in [6.45, 7) is 4.69. The van der Waals surface area contributed by atoms with E-state index in [2.05, 4.69) is 5.32 Å². The fourth-order valence-electron chi connectivity index (χ4n) is 2.73. The molecule has 1 aromatic rings. The number of aliphatic carboxylic acids is 3. The molecule has 4 N–H and O–H groups in total. The number of benzene rings is 1. The van der Waals surface area contributed by atoms with Gasteiger partial charge < -0.3 is 25.4 Å². The first-order chi connectivity index (χ1) is 14.2. The van der Waals surface area contributed by atoms with Crippen LogP contribution in [0.3, 0.4) is 0 Å². The summed E-state index contributed by atoms with van der Waals surface area (Å²) in [5, 5.41) is 41.4. The molecule has 0 radical (unpaired) electrons. The summed E-state index contributed by atoms with van der Waals surface area (Å²) in [6.07, 6.45) is -2.75. The monoisotopic (exact) mass is 440 g/mol. The number of hydrogen-bond acceptors (Lipinski definition) is 7. The number of non-ortho nitro benzene ring substituents is 1. The minimum Gasteiger partial charge on any atom is -0.480 e. The van der Waals surface area contributed by atoms with Gasteiger partial charge in [-0.15, -0.1) is 0 Å². The zero-order valence-electron chi connectivity index (χ0n) is 17.2. The lowest BCUT2D eigenvalue weighted by molar-refractivity contribution is -0.384. The second kappa shape index (κ2) is 9.87. The summed E-state index contributed by atoms with van der Waals surface area (Å²) in [6, 6.07) is 3.07. The van der Waals surface area contributed by atoms with E-state index >= 15 is 0 Å². The van der Waals surface area contributed by atoms with Crippen LogP contribution in [0.5, 0.6) is 0 Å². The van der Waals surface area contributed by atoms with Crippen molar-refractivity contribution in [2.75, 3.05) is 0 Å². The van der Waals surface area contributed by atoms with Gasteiger partial charge in [-0.25, -0.2) is 9.59 Å². The van der Waals surface area contributed by atoms with Gasteiger partial charge in [-0.2, -0.15) is 0 Å². The quantitative estimate of drug-likeness (QED) is 0.237. The van der Waals surface area contributed by atoms with Crippen molar-refractivity contribution < 1.29 is 44.2 Å². The minimum atomic E-state index is -2.42. The number of alkyl carbamates (subject to hydrolysis) is 1. The number of carboxylic acids is 3. The molecule has 0 bridgehead atoms. The first kappa shape index (κ1) is 25.3. The molecule has 1 amide bonds. The number of carbonyl (C=O) groups excluding carboxylic acids is 1. The number of nitrogens with zero attached hydrogens (tertiary/aromatic N) is 1. The SMILES string of the molecule is CC(C)(C)OC(=O)N[C@@H](CCC(Cc1ccc([N+](=O)[O-])cc1)(C(=O)O)C(=O)O)C(=O)O. The number of nitro benzene ring substituents is 1. The van der Waals surface area contributed by atoms with Crippen molar-refractivity contribution in [1.82, 2.24) is 5.32 Å². The lowest BCUT2D eigenvalue weighted by Crippen LogP contribution is -2.47. The van der Waals surface area contributed by atoms with Crippen LogP contribution in [0.4, 0.5) is 10.5 Å². The highest BCUT2D eigenvalue weighted by molar-refractivity contribution is 5.98. The van der Waals surface area contributed by atoms with Gasteiger partial charge in [-0.3, -0.25) is 19.7 Å². The van der Waals surface area contributed by atoms with E-state index in [1.165, 1.54) is 12.1 Å². The Morgan fingerprint density at radius 3 is 1.97 bits per heavy atom. The molecule has 0 spiro atoms. The first-order valence-electron chi connectivity index (χ1n) is 9.10. The highest BCUT2D eigenvalue weighted by Gasteiger charge is 2.47. The largest absolute Gasteiger partial charge is 0.480 e. The predicted octanol–water partition coefficient (Wildman–Crippen LogP) is 2.05. The maximum atomic E-state index is 11.9. The maximum Gasteiger partial charge on any atom is 0.408 e. The van der Waals surface area contributed by atoms with Gasteiger partial charge in [0, 0.05) is 12.1 Å². The van der Waals surface area contributed by atoms with Crippen molar-refractivity contribution in [2.24, 2.45) is 5.41 Å². The number of ether oxygens (including phenoxy) is 1. The Hall–Kier alpha value is -3.70. The number of nitrogens with one attached hydrogen (secondary N) is 1. The van der Waals surface area contributed by atoms with E-state index in [-0.39, 0.29) is 11.3 Å². The molecule has 31 heavy (non-hydrogen) atoms. The van der Waals surface area contributed by atoms with Crippen LogP contribution in [-0.2, 0) is 25.5 Å². The third kappa shape index (κ3) is 7.24. The molecular formula is C19H24N2O10. The molecule has 0 unspecified atom stereocenters. The van der Waals surface area contributed by atoms with E-state index in [0.29, 0.717) is 0 Å². The van der Waals surface area contributed by atoms with Gasteiger partial charge in [-0.1, -0.05) is 12.1 Å². The molecule has 0 saturated heterocycles. The van der Waals surface area contributed by atoms with Crippen LogP contribution in [0.15, 0.2) is 24.3 Å². The van der Waals surface area contributed by atoms with Gasteiger partial charge in [-0.05, 0) is 45.6 Å². The van der Waals surface area contributed by atoms with E-state index in [4.69, 9.17) is 4.74 Å². The van der Waals surface area contributed by atoms with Crippen LogP contribution >= 0.6 is 0 Å². The van der Waals surface area contributed by atoms with Crippen LogP contribution in [0, 0.1) is 15.5 Å². The van der Waals surface area contributed by atoms with Crippen LogP contribution < -0.4 is 5.32 Å². The van der Waals surface area contributed by atoms with E-state index in [1.807, 2.05) is 0 Å². The zero-order chi connectivity index (χ0) is 24.0. The molecule has 12 nitrogen and oxygen atoms in total. The predicted molar refractivity (Wildman–Crippen MR) is 105 cm³/mol. The van der Waals surface area contributed by atoms with Crippen molar-refractivity contribution in [3.8, 4) is 0 Å². The summed E-state index contributed by atoms with van der Waals surface area (Å²) < 4.78 is 4.97. The Labute approximate surface area is 177 Å². The van der Waals surface area contributed by atoms with Gasteiger partial charge in [0.2, 0.25) is 0 Å². The molecule has 0 aliphatic rings. The van der Waals surface area contributed by atoms with Crippen molar-refractivity contribution in [3.05, 3.63) is 39.9 Å². The maximum absolute atomic E-state index is 11.9. The molecule has 1 atom stereocenters. The Kier molecular flexibility index (Phi) is 8.07. The van der Waals surface area contributed by atoms with E-state index < -0.39 is 65.2 Å². The normalized spacial score (nSPS) is 12.5. The van der Waals surface area contributed by atoms with Crippen LogP contribution in [0.1, 0.15) is 39.2 Å². The zero-order valence-corrected chi connectivity index (χ0v) is 17.2. The molecule has 12 heteroatoms. The molecule has 170 valence electrons. The van der Waals surface area contributed by atoms with Gasteiger partial charge in [0.05, 0.1) is 4.92 Å². The van der Waals surface area contributed by atoms with Crippen LogP contribution in [0.25, 0.3) is 0 Å². The Balaban J connectivity index is 3.08. The molecule has 0 saturated carbocycles. The molecule has 0 fully saturated rings. The number of carbonyl (C=O) groups is 4. The third-order valence-electron chi connectivity index (χ3n) is 4.32. The summed E-state index contributed by atoms with van der Waals surface area (Å²) >= 11 is 0. The van der Waals surface area contributed by atoms with Crippen molar-refractivity contribution >= 4 is 29.7 Å². The van der Waals surface area contributed by atoms with Gasteiger partial charge in [0.25, 0.3) is 5.69 Å². The topological polar surface area (TPSA) is 193 Å². The van der Waals surface area contributed by atoms with Crippen molar-refractivity contribution in [3.63, 3.8) is 0 Å². The number of rotatable bonds is 10. The summed E-state index contributed by atoms with van der Waals surface area (Å²) in [5.74, 6) is -4.91. The number of hydrogen-bond donors (Lipinski definition) is 4. The second-order valence-corrected chi connectivity index (χ2v) is 7.87. The molecule has 0 aliphatic carbocycles. The molecule has 1 aromatic carbocycles. The number of nitro groups is 1. The van der Waals surface area contributed by atoms with Crippen LogP contribution in [0.2, 0.25) is 0 Å². The van der Waals surface area contributed by atoms with Gasteiger partial charge >= 0.3 is 24.0 Å². The summed E-state index contributed by atoms with van der Waals surface area (Å²) in [4.78, 5) is 57.2. The average molecular weight is 440 g/mol. The number of carboxylic acid groups (broad SMARTS) is 3. The summed E-state index contributed by atoms with van der Waals surface area (Å²) in [7, 11) is 0. The molecule has 0 heterocycles. The molecule has 0 aromatic heterocycles. The summed E-state index contributed by atoms with van der Waals surface area (Å²) in [5.41, 5.74) is -3.39. The Morgan fingerprint density at radius 2 is 1.58 bits per heavy atom. The molecule has 0 aliphatic heterocycles. The van der Waals surface area contributed by atoms with Gasteiger partial charge in [0.1, 0.15) is 11.6 Å². The van der Waals surface area contributed by atoms with Crippen molar-refractivity contribution in [2.45, 2.75) is 51.7 Å². The van der Waals surface area contributed by atoms with E-state index in [9.17, 15) is 44.6 Å². The van der Waals surface area contributed by atoms with Crippen molar-refractivity contribution in [1.29, 1.82) is 0 Å².